The Kier molecular flexibility index (Phi) is 9.28. The SMILES string of the molecule is O=C(CN(C(=O)c1ccc(Cl)cc1)N1C(=O)[C@@H]2C[C@H](Br)[C@@H](Br)C[C@H]2C1=O)c1ccc(OC(=O)c2ccc([N+](=O)[O-])cc2)cc1. The average molecular weight is 748 g/mol. The van der Waals surface area contributed by atoms with Crippen molar-refractivity contribution >= 4 is 78.6 Å². The van der Waals surface area contributed by atoms with Gasteiger partial charge in [0.2, 0.25) is 0 Å². The lowest BCUT2D eigenvalue weighted by Gasteiger charge is -2.30. The van der Waals surface area contributed by atoms with Gasteiger partial charge < -0.3 is 4.74 Å². The maximum absolute atomic E-state index is 13.7. The molecule has 0 N–H and O–H groups in total. The number of imide groups is 1. The summed E-state index contributed by atoms with van der Waals surface area (Å²) in [4.78, 5) is 76.8. The van der Waals surface area contributed by atoms with Crippen molar-refractivity contribution in [2.45, 2.75) is 22.5 Å². The van der Waals surface area contributed by atoms with Crippen LogP contribution in [0.25, 0.3) is 0 Å². The number of non-ortho nitro benzene ring substituents is 1. The van der Waals surface area contributed by atoms with Crippen molar-refractivity contribution in [1.82, 2.24) is 10.0 Å². The number of hydrogen-bond acceptors (Lipinski definition) is 8. The molecule has 4 atom stereocenters. The van der Waals surface area contributed by atoms with Crippen LogP contribution < -0.4 is 4.74 Å². The number of nitro benzene ring substituents is 1. The normalized spacial score (nSPS) is 21.0. The van der Waals surface area contributed by atoms with Crippen molar-refractivity contribution in [2.75, 3.05) is 6.54 Å². The molecular formula is C30H22Br2ClN3O8. The Hall–Kier alpha value is -3.94. The van der Waals surface area contributed by atoms with Crippen LogP contribution in [0.2, 0.25) is 5.02 Å². The number of ketones is 1. The molecule has 0 bridgehead atoms. The molecule has 44 heavy (non-hydrogen) atoms. The first-order valence-corrected chi connectivity index (χ1v) is 15.5. The molecule has 1 aliphatic heterocycles. The molecule has 0 radical (unpaired) electrons. The smallest absolute Gasteiger partial charge is 0.343 e. The molecule has 3 amide bonds. The summed E-state index contributed by atoms with van der Waals surface area (Å²) in [6, 6.07) is 16.2. The van der Waals surface area contributed by atoms with Gasteiger partial charge in [0.25, 0.3) is 23.4 Å². The van der Waals surface area contributed by atoms with E-state index >= 15 is 0 Å². The van der Waals surface area contributed by atoms with Gasteiger partial charge in [-0.05, 0) is 73.5 Å². The Labute approximate surface area is 272 Å². The maximum Gasteiger partial charge on any atom is 0.343 e. The first-order valence-electron chi connectivity index (χ1n) is 13.3. The fourth-order valence-electron chi connectivity index (χ4n) is 5.11. The van der Waals surface area contributed by atoms with Gasteiger partial charge in [0, 0.05) is 37.9 Å². The van der Waals surface area contributed by atoms with Crippen molar-refractivity contribution in [3.63, 3.8) is 0 Å². The first-order chi connectivity index (χ1) is 20.9. The Morgan fingerprint density at radius 3 is 1.86 bits per heavy atom. The fourth-order valence-corrected chi connectivity index (χ4v) is 6.47. The van der Waals surface area contributed by atoms with Crippen LogP contribution in [0.15, 0.2) is 72.8 Å². The minimum absolute atomic E-state index is 0.0458. The molecule has 2 fully saturated rings. The summed E-state index contributed by atoms with van der Waals surface area (Å²) < 4.78 is 5.30. The number of Topliss-reactive ketones (excluding diaryl/α,β-unsaturated/α-hetero) is 1. The number of rotatable bonds is 8. The molecule has 1 aliphatic carbocycles. The topological polar surface area (TPSA) is 144 Å². The van der Waals surface area contributed by atoms with E-state index in [1.54, 1.807) is 0 Å². The molecule has 0 spiro atoms. The summed E-state index contributed by atoms with van der Waals surface area (Å²) in [5, 5.41) is 12.9. The fraction of sp³-hybridized carbons (Fsp3) is 0.233. The summed E-state index contributed by atoms with van der Waals surface area (Å²) in [6.45, 7) is -0.615. The van der Waals surface area contributed by atoms with Crippen LogP contribution >= 0.6 is 43.5 Å². The zero-order valence-corrected chi connectivity index (χ0v) is 26.5. The standard InChI is InChI=1S/C30H22Br2ClN3O8/c31-24-13-22-23(14-25(24)32)29(40)35(28(22)39)34(27(38)17-1-7-19(33)8-2-17)15-26(37)16-5-11-21(12-6-16)44-30(41)18-3-9-20(10-4-18)36(42)43/h1-12,22-25H,13-15H2/t22-,23-,24+,25+/m1/s1. The van der Waals surface area contributed by atoms with Gasteiger partial charge in [-0.2, -0.15) is 5.01 Å². The number of hydrazine groups is 1. The molecule has 14 heteroatoms. The summed E-state index contributed by atoms with van der Waals surface area (Å²) in [6.07, 6.45) is 0.775. The van der Waals surface area contributed by atoms with E-state index in [0.717, 1.165) is 10.0 Å². The highest BCUT2D eigenvalue weighted by Crippen LogP contribution is 2.43. The van der Waals surface area contributed by atoms with Crippen molar-refractivity contribution in [1.29, 1.82) is 0 Å². The third-order valence-corrected chi connectivity index (χ3v) is 10.4. The molecule has 3 aromatic rings. The quantitative estimate of drug-likeness (QED) is 0.0549. The van der Waals surface area contributed by atoms with Gasteiger partial charge in [-0.3, -0.25) is 29.3 Å². The number of hydrogen-bond donors (Lipinski definition) is 0. The number of carbonyl (C=O) groups excluding carboxylic acids is 5. The lowest BCUT2D eigenvalue weighted by Crippen LogP contribution is -2.52. The number of fused-ring (bicyclic) bond motifs is 1. The molecule has 3 aromatic carbocycles. The number of carbonyl (C=O) groups is 5. The second kappa shape index (κ2) is 13.0. The molecular weight excluding hydrogens is 726 g/mol. The molecule has 11 nitrogen and oxygen atoms in total. The number of nitrogens with zero attached hydrogens (tertiary/aromatic N) is 3. The lowest BCUT2D eigenvalue weighted by molar-refractivity contribution is -0.384. The number of amides is 3. The molecule has 0 aromatic heterocycles. The first kappa shape index (κ1) is 31.5. The molecule has 1 saturated carbocycles. The number of benzene rings is 3. The molecule has 226 valence electrons. The van der Waals surface area contributed by atoms with Crippen LogP contribution in [0.3, 0.4) is 0 Å². The van der Waals surface area contributed by atoms with Gasteiger partial charge in [-0.1, -0.05) is 43.5 Å². The maximum atomic E-state index is 13.7. The molecule has 2 aliphatic rings. The minimum Gasteiger partial charge on any atom is -0.423 e. The van der Waals surface area contributed by atoms with E-state index in [1.807, 2.05) is 0 Å². The molecule has 1 saturated heterocycles. The third-order valence-electron chi connectivity index (χ3n) is 7.45. The van der Waals surface area contributed by atoms with Crippen LogP contribution in [0.5, 0.6) is 5.75 Å². The minimum atomic E-state index is -0.761. The van der Waals surface area contributed by atoms with Crippen molar-refractivity contribution in [2.24, 2.45) is 11.8 Å². The predicted molar refractivity (Wildman–Crippen MR) is 165 cm³/mol. The van der Waals surface area contributed by atoms with Crippen LogP contribution in [0.1, 0.15) is 43.9 Å². The predicted octanol–water partition coefficient (Wildman–Crippen LogP) is 5.63. The van der Waals surface area contributed by atoms with E-state index in [1.165, 1.54) is 72.8 Å². The monoisotopic (exact) mass is 745 g/mol. The lowest BCUT2D eigenvalue weighted by atomic mass is 9.81. The number of nitro groups is 1. The second-order valence-electron chi connectivity index (χ2n) is 10.2. The number of ether oxygens (including phenoxy) is 1. The zero-order chi connectivity index (χ0) is 31.7. The second-order valence-corrected chi connectivity index (χ2v) is 13.0. The van der Waals surface area contributed by atoms with Crippen LogP contribution in [0, 0.1) is 22.0 Å². The number of halogens is 3. The largest absolute Gasteiger partial charge is 0.423 e. The van der Waals surface area contributed by atoms with Gasteiger partial charge in [0.15, 0.2) is 5.78 Å². The van der Waals surface area contributed by atoms with Gasteiger partial charge >= 0.3 is 5.97 Å². The van der Waals surface area contributed by atoms with Crippen LogP contribution in [-0.2, 0) is 9.59 Å². The van der Waals surface area contributed by atoms with E-state index in [9.17, 15) is 34.1 Å². The van der Waals surface area contributed by atoms with E-state index in [0.29, 0.717) is 17.9 Å². The van der Waals surface area contributed by atoms with Gasteiger partial charge in [-0.15, -0.1) is 0 Å². The molecule has 1 heterocycles. The summed E-state index contributed by atoms with van der Waals surface area (Å²) in [5.74, 6) is -4.34. The highest BCUT2D eigenvalue weighted by molar-refractivity contribution is 9.12. The van der Waals surface area contributed by atoms with Crippen molar-refractivity contribution in [3.05, 3.63) is 105 Å². The average Bonchev–Trinajstić information content (AvgIpc) is 3.24. The van der Waals surface area contributed by atoms with E-state index in [4.69, 9.17) is 16.3 Å². The van der Waals surface area contributed by atoms with Crippen LogP contribution in [-0.4, -0.2) is 60.6 Å². The third kappa shape index (κ3) is 6.44. The van der Waals surface area contributed by atoms with Crippen LogP contribution in [0.4, 0.5) is 5.69 Å². The van der Waals surface area contributed by atoms with Gasteiger partial charge in [0.05, 0.1) is 22.3 Å². The van der Waals surface area contributed by atoms with Crippen molar-refractivity contribution in [3.8, 4) is 5.75 Å². The Morgan fingerprint density at radius 2 is 1.34 bits per heavy atom. The number of alkyl halides is 2. The Balaban J connectivity index is 1.35. The van der Waals surface area contributed by atoms with E-state index in [2.05, 4.69) is 31.9 Å². The summed E-state index contributed by atoms with van der Waals surface area (Å²) in [7, 11) is 0. The Bertz CT molecular complexity index is 1620. The van der Waals surface area contributed by atoms with Gasteiger partial charge in [0.1, 0.15) is 12.3 Å². The highest BCUT2D eigenvalue weighted by Gasteiger charge is 2.54. The highest BCUT2D eigenvalue weighted by atomic mass is 79.9. The summed E-state index contributed by atoms with van der Waals surface area (Å²) >= 11 is 13.1. The zero-order valence-electron chi connectivity index (χ0n) is 22.6. The van der Waals surface area contributed by atoms with E-state index in [-0.39, 0.29) is 37.8 Å². The van der Waals surface area contributed by atoms with Crippen molar-refractivity contribution < 1.29 is 33.6 Å². The summed E-state index contributed by atoms with van der Waals surface area (Å²) in [5.41, 5.74) is 0.170. The van der Waals surface area contributed by atoms with Gasteiger partial charge in [-0.25, -0.2) is 9.80 Å². The molecule has 5 rings (SSSR count). The Morgan fingerprint density at radius 1 is 0.841 bits per heavy atom. The number of esters is 1. The molecule has 0 unspecified atom stereocenters. The van der Waals surface area contributed by atoms with E-state index < -0.39 is 52.8 Å².